The minimum absolute atomic E-state index is 0. The maximum atomic E-state index is 9.99. The molecule has 0 bridgehead atoms. The predicted octanol–water partition coefficient (Wildman–Crippen LogP) is -5.47. The van der Waals surface area contributed by atoms with Crippen molar-refractivity contribution in [3.8, 4) is 0 Å². The zero-order chi connectivity index (χ0) is 10.4. The molecule has 0 rings (SSSR count). The van der Waals surface area contributed by atoms with Gasteiger partial charge in [-0.2, -0.15) is 0 Å². The molecular weight excluding hydrogens is 303 g/mol. The summed E-state index contributed by atoms with van der Waals surface area (Å²) in [5.41, 5.74) is 0. The van der Waals surface area contributed by atoms with Crippen LogP contribution in [0.15, 0.2) is 0 Å². The number of hydrogen-bond acceptors (Lipinski definition) is 7. The van der Waals surface area contributed by atoms with Crippen LogP contribution in [-0.2, 0) is 50.9 Å². The first-order valence-electron chi connectivity index (χ1n) is 3.23. The van der Waals surface area contributed by atoms with Gasteiger partial charge in [-0.1, -0.05) is 0 Å². The van der Waals surface area contributed by atoms with E-state index in [4.69, 9.17) is 0 Å². The van der Waals surface area contributed by atoms with Gasteiger partial charge in [0.25, 0.3) is 0 Å². The molecule has 0 aromatic rings. The van der Waals surface area contributed by atoms with Gasteiger partial charge in [0, 0.05) is 19.6 Å². The molecule has 9 heteroatoms. The van der Waals surface area contributed by atoms with Crippen LogP contribution in [0.4, 0.5) is 0 Å². The molecule has 0 aromatic heterocycles. The van der Waals surface area contributed by atoms with Crippen molar-refractivity contribution in [2.75, 3.05) is 19.6 Å². The van der Waals surface area contributed by atoms with E-state index in [-0.39, 0.29) is 36.5 Å². The van der Waals surface area contributed by atoms with E-state index in [9.17, 15) is 29.7 Å². The molecule has 15 heavy (non-hydrogen) atoms. The van der Waals surface area contributed by atoms with Gasteiger partial charge in [-0.3, -0.25) is 4.90 Å². The second-order valence-corrected chi connectivity index (χ2v) is 2.26. The van der Waals surface area contributed by atoms with Crippen LogP contribution in [0.3, 0.4) is 0 Å². The Kier molecular flexibility index (Phi) is 13.4. The fourth-order valence-electron chi connectivity index (χ4n) is 0.715. The first-order chi connectivity index (χ1) is 5.91. The van der Waals surface area contributed by atoms with Gasteiger partial charge in [0.1, 0.15) is 0 Å². The largest absolute Gasteiger partial charge is 2.00 e. The molecule has 0 fully saturated rings. The zero-order valence-electron chi connectivity index (χ0n) is 7.58. The van der Waals surface area contributed by atoms with Gasteiger partial charge >= 0.3 is 36.5 Å². The van der Waals surface area contributed by atoms with E-state index in [2.05, 4.69) is 0 Å². The third-order valence-corrected chi connectivity index (χ3v) is 1.06. The van der Waals surface area contributed by atoms with Crippen molar-refractivity contribution >= 4 is 17.9 Å². The molecule has 0 saturated heterocycles. The first kappa shape index (κ1) is 20.0. The monoisotopic (exact) mass is 308 g/mol. The van der Waals surface area contributed by atoms with E-state index >= 15 is 0 Å². The van der Waals surface area contributed by atoms with E-state index in [1.54, 1.807) is 0 Å². The normalized spacial score (nSPS) is 8.60. The van der Waals surface area contributed by atoms with Crippen molar-refractivity contribution in [3.05, 3.63) is 0 Å². The summed E-state index contributed by atoms with van der Waals surface area (Å²) in [7, 11) is 0. The molecule has 0 amide bonds. The Bertz CT molecular complexity index is 198. The second-order valence-electron chi connectivity index (χ2n) is 2.26. The molecule has 0 aliphatic heterocycles. The second kappa shape index (κ2) is 10.0. The van der Waals surface area contributed by atoms with Gasteiger partial charge in [0.15, 0.2) is 0 Å². The summed E-state index contributed by atoms with van der Waals surface area (Å²) < 4.78 is 0. The van der Waals surface area contributed by atoms with Crippen LogP contribution >= 0.6 is 0 Å². The molecule has 0 aromatic carbocycles. The van der Waals surface area contributed by atoms with Crippen LogP contribution in [0.5, 0.6) is 0 Å². The van der Waals surface area contributed by atoms with Crippen molar-refractivity contribution in [1.29, 1.82) is 0 Å². The van der Waals surface area contributed by atoms with Gasteiger partial charge in [0.05, 0.1) is 17.9 Å². The molecule has 0 saturated carbocycles. The minimum atomic E-state index is -1.57. The molecule has 0 radical (unpaired) electrons. The third kappa shape index (κ3) is 13.5. The van der Waals surface area contributed by atoms with Gasteiger partial charge in [0.2, 0.25) is 0 Å². The summed E-state index contributed by atoms with van der Waals surface area (Å²) in [4.78, 5) is 30.6. The van der Waals surface area contributed by atoms with Gasteiger partial charge in [-0.25, -0.2) is 0 Å². The quantitative estimate of drug-likeness (QED) is 0.448. The number of rotatable bonds is 6. The molecule has 0 aliphatic carbocycles. The first-order valence-corrected chi connectivity index (χ1v) is 3.23. The van der Waals surface area contributed by atoms with E-state index in [0.717, 1.165) is 0 Å². The minimum Gasteiger partial charge on any atom is -0.549 e. The van der Waals surface area contributed by atoms with Crippen LogP contribution in [-0.4, -0.2) is 42.4 Å². The van der Waals surface area contributed by atoms with Gasteiger partial charge in [-0.05, 0) is 0 Å². The standard InChI is InChI=1S/C6H9NO6.Fe.Zn/c8-4(9)1-7(2-5(10)11)3-6(12)13;;/h1-3H2,(H,8,9)(H,10,11)(H,12,13);;/q;2*+2/p-3. The number of carboxylic acid groups (broad SMARTS) is 3. The number of carboxylic acids is 3. The molecule has 0 unspecified atom stereocenters. The number of carbonyl (C=O) groups is 3. The average Bonchev–Trinajstić information content (AvgIpc) is 1.80. The average molecular weight is 309 g/mol. The van der Waals surface area contributed by atoms with E-state index < -0.39 is 37.5 Å². The van der Waals surface area contributed by atoms with Gasteiger partial charge < -0.3 is 29.7 Å². The maximum Gasteiger partial charge on any atom is 2.00 e. The molecule has 0 atom stereocenters. The SMILES string of the molecule is O=C([O-])CN(CC(=O)[O-])CC(=O)[O-].[Fe+2].[Zn+2]. The third-order valence-electron chi connectivity index (χ3n) is 1.06. The summed E-state index contributed by atoms with van der Waals surface area (Å²) in [6.45, 7) is -2.37. The Hall–Kier alpha value is -0.487. The fourth-order valence-corrected chi connectivity index (χ4v) is 0.715. The smallest absolute Gasteiger partial charge is 0.549 e. The summed E-state index contributed by atoms with van der Waals surface area (Å²) in [5.74, 6) is -4.70. The Morgan fingerprint density at radius 1 is 0.800 bits per heavy atom. The molecule has 80 valence electrons. The molecule has 0 spiro atoms. The van der Waals surface area contributed by atoms with Crippen LogP contribution in [0, 0.1) is 0 Å². The Morgan fingerprint density at radius 3 is 1.13 bits per heavy atom. The molecule has 0 aliphatic rings. The van der Waals surface area contributed by atoms with Gasteiger partial charge in [-0.15, -0.1) is 0 Å². The van der Waals surface area contributed by atoms with Crippen molar-refractivity contribution < 1.29 is 66.2 Å². The molecule has 0 N–H and O–H groups in total. The van der Waals surface area contributed by atoms with Crippen molar-refractivity contribution in [2.24, 2.45) is 0 Å². The van der Waals surface area contributed by atoms with Crippen molar-refractivity contribution in [2.45, 2.75) is 0 Å². The summed E-state index contributed by atoms with van der Waals surface area (Å²) in [6.07, 6.45) is 0. The van der Waals surface area contributed by atoms with E-state index in [0.29, 0.717) is 4.90 Å². The number of hydrogen-bond donors (Lipinski definition) is 0. The van der Waals surface area contributed by atoms with E-state index in [1.165, 1.54) is 0 Å². The Morgan fingerprint density at radius 2 is 1.00 bits per heavy atom. The zero-order valence-corrected chi connectivity index (χ0v) is 11.6. The fraction of sp³-hybridized carbons (Fsp3) is 0.500. The van der Waals surface area contributed by atoms with E-state index in [1.807, 2.05) is 0 Å². The maximum absolute atomic E-state index is 9.99. The topological polar surface area (TPSA) is 124 Å². The summed E-state index contributed by atoms with van der Waals surface area (Å²) >= 11 is 0. The summed E-state index contributed by atoms with van der Waals surface area (Å²) in [6, 6.07) is 0. The molecule has 0 heterocycles. The molecule has 7 nitrogen and oxygen atoms in total. The number of nitrogens with zero attached hydrogens (tertiary/aromatic N) is 1. The predicted molar refractivity (Wildman–Crippen MR) is 31.5 cm³/mol. The van der Waals surface area contributed by atoms with Crippen LogP contribution in [0.2, 0.25) is 0 Å². The van der Waals surface area contributed by atoms with Crippen molar-refractivity contribution in [3.63, 3.8) is 0 Å². The Labute approximate surface area is 109 Å². The Balaban J connectivity index is -0.000000720. The van der Waals surface area contributed by atoms with Crippen molar-refractivity contribution in [1.82, 2.24) is 4.90 Å². The van der Waals surface area contributed by atoms with Crippen LogP contribution < -0.4 is 15.3 Å². The van der Waals surface area contributed by atoms with Crippen LogP contribution in [0.25, 0.3) is 0 Å². The number of carbonyl (C=O) groups excluding carboxylic acids is 3. The van der Waals surface area contributed by atoms with Crippen LogP contribution in [0.1, 0.15) is 0 Å². The summed E-state index contributed by atoms with van der Waals surface area (Å²) in [5, 5.41) is 30.0. The number of aliphatic carboxylic acids is 3. The molecular formula is C6H6FeNO6Zn+.